The Morgan fingerprint density at radius 3 is 2.43 bits per heavy atom. The molecule has 1 fully saturated rings. The molecule has 0 spiro atoms. The van der Waals surface area contributed by atoms with Gasteiger partial charge in [-0.25, -0.2) is 0 Å². The SMILES string of the molecule is CCC(CN)N1CCN(C(=O)c2ccc(C)cc2C)CC1. The fourth-order valence-electron chi connectivity index (χ4n) is 3.09. The van der Waals surface area contributed by atoms with Crippen LogP contribution in [-0.2, 0) is 0 Å². The van der Waals surface area contributed by atoms with Gasteiger partial charge in [-0.05, 0) is 31.9 Å². The summed E-state index contributed by atoms with van der Waals surface area (Å²) in [5.41, 5.74) is 8.91. The van der Waals surface area contributed by atoms with Gasteiger partial charge in [-0.15, -0.1) is 0 Å². The minimum atomic E-state index is 0.160. The first-order chi connectivity index (χ1) is 10.1. The van der Waals surface area contributed by atoms with Crippen LogP contribution in [0, 0.1) is 13.8 Å². The number of rotatable bonds is 4. The minimum absolute atomic E-state index is 0.160. The molecule has 1 unspecified atom stereocenters. The lowest BCUT2D eigenvalue weighted by Gasteiger charge is -2.38. The largest absolute Gasteiger partial charge is 0.336 e. The summed E-state index contributed by atoms with van der Waals surface area (Å²) in [6, 6.07) is 6.49. The van der Waals surface area contributed by atoms with Gasteiger partial charge in [-0.2, -0.15) is 0 Å². The van der Waals surface area contributed by atoms with Gasteiger partial charge in [0, 0.05) is 44.3 Å². The highest BCUT2D eigenvalue weighted by Crippen LogP contribution is 2.16. The first-order valence-electron chi connectivity index (χ1n) is 7.87. The average molecular weight is 289 g/mol. The number of hydrogen-bond acceptors (Lipinski definition) is 3. The Balaban J connectivity index is 2.00. The van der Waals surface area contributed by atoms with Crippen molar-refractivity contribution in [2.75, 3.05) is 32.7 Å². The zero-order valence-corrected chi connectivity index (χ0v) is 13.4. The highest BCUT2D eigenvalue weighted by molar-refractivity contribution is 5.95. The van der Waals surface area contributed by atoms with E-state index in [2.05, 4.69) is 24.8 Å². The maximum Gasteiger partial charge on any atom is 0.254 e. The summed E-state index contributed by atoms with van der Waals surface area (Å²) in [6.45, 7) is 10.4. The zero-order valence-electron chi connectivity index (χ0n) is 13.4. The number of hydrogen-bond donors (Lipinski definition) is 1. The maximum absolute atomic E-state index is 12.6. The van der Waals surface area contributed by atoms with Crippen molar-refractivity contribution < 1.29 is 4.79 Å². The van der Waals surface area contributed by atoms with Crippen molar-refractivity contribution in [3.8, 4) is 0 Å². The van der Waals surface area contributed by atoms with Gasteiger partial charge < -0.3 is 10.6 Å². The van der Waals surface area contributed by atoms with Crippen molar-refractivity contribution >= 4 is 5.91 Å². The lowest BCUT2D eigenvalue weighted by atomic mass is 10.0. The molecule has 1 amide bonds. The van der Waals surface area contributed by atoms with Crippen molar-refractivity contribution in [2.45, 2.75) is 33.2 Å². The number of carbonyl (C=O) groups excluding carboxylic acids is 1. The third kappa shape index (κ3) is 3.63. The lowest BCUT2D eigenvalue weighted by molar-refractivity contribution is 0.0571. The molecule has 21 heavy (non-hydrogen) atoms. The van der Waals surface area contributed by atoms with Crippen LogP contribution in [-0.4, -0.2) is 54.5 Å². The number of carbonyl (C=O) groups is 1. The molecule has 1 aliphatic rings. The third-order valence-electron chi connectivity index (χ3n) is 4.47. The standard InChI is InChI=1S/C17H27N3O/c1-4-15(12-18)19-7-9-20(10-8-19)17(21)16-6-5-13(2)11-14(16)3/h5-6,11,15H,4,7-10,12,18H2,1-3H3. The number of amides is 1. The number of benzene rings is 1. The molecule has 2 N–H and O–H groups in total. The molecule has 1 heterocycles. The number of nitrogens with zero attached hydrogens (tertiary/aromatic N) is 2. The summed E-state index contributed by atoms with van der Waals surface area (Å²) in [7, 11) is 0. The second kappa shape index (κ2) is 7.05. The fourth-order valence-corrected chi connectivity index (χ4v) is 3.09. The quantitative estimate of drug-likeness (QED) is 0.919. The van der Waals surface area contributed by atoms with E-state index in [0.717, 1.165) is 43.7 Å². The molecule has 0 bridgehead atoms. The van der Waals surface area contributed by atoms with Crippen LogP contribution in [0.15, 0.2) is 18.2 Å². The number of aryl methyl sites for hydroxylation is 2. The molecule has 0 aromatic heterocycles. The molecule has 4 nitrogen and oxygen atoms in total. The van der Waals surface area contributed by atoms with Crippen molar-refractivity contribution in [3.63, 3.8) is 0 Å². The van der Waals surface area contributed by atoms with E-state index in [1.54, 1.807) is 0 Å². The third-order valence-corrected chi connectivity index (χ3v) is 4.47. The van der Waals surface area contributed by atoms with Gasteiger partial charge in [0.25, 0.3) is 5.91 Å². The van der Waals surface area contributed by atoms with E-state index in [-0.39, 0.29) is 5.91 Å². The molecule has 1 aliphatic heterocycles. The highest BCUT2D eigenvalue weighted by atomic mass is 16.2. The minimum Gasteiger partial charge on any atom is -0.336 e. The second-order valence-electron chi connectivity index (χ2n) is 5.94. The molecule has 1 atom stereocenters. The molecule has 1 saturated heterocycles. The molecular formula is C17H27N3O. The Hall–Kier alpha value is -1.39. The summed E-state index contributed by atoms with van der Waals surface area (Å²) < 4.78 is 0. The van der Waals surface area contributed by atoms with Crippen LogP contribution in [0.4, 0.5) is 0 Å². The second-order valence-corrected chi connectivity index (χ2v) is 5.94. The van der Waals surface area contributed by atoms with Gasteiger partial charge in [0.15, 0.2) is 0 Å². The Morgan fingerprint density at radius 2 is 1.90 bits per heavy atom. The summed E-state index contributed by atoms with van der Waals surface area (Å²) in [5.74, 6) is 0.160. The Labute approximate surface area is 127 Å². The van der Waals surface area contributed by atoms with Crippen LogP contribution in [0.5, 0.6) is 0 Å². The Kier molecular flexibility index (Phi) is 5.37. The van der Waals surface area contributed by atoms with E-state index in [1.165, 1.54) is 5.56 Å². The van der Waals surface area contributed by atoms with Crippen molar-refractivity contribution in [1.82, 2.24) is 9.80 Å². The van der Waals surface area contributed by atoms with Crippen molar-refractivity contribution in [2.24, 2.45) is 5.73 Å². The fraction of sp³-hybridized carbons (Fsp3) is 0.588. The van der Waals surface area contributed by atoms with E-state index >= 15 is 0 Å². The van der Waals surface area contributed by atoms with E-state index in [1.807, 2.05) is 24.0 Å². The van der Waals surface area contributed by atoms with E-state index in [9.17, 15) is 4.79 Å². The molecule has 4 heteroatoms. The molecule has 0 aliphatic carbocycles. The van der Waals surface area contributed by atoms with Gasteiger partial charge in [0.05, 0.1) is 0 Å². The first-order valence-corrected chi connectivity index (χ1v) is 7.87. The molecule has 0 saturated carbocycles. The van der Waals surface area contributed by atoms with Crippen LogP contribution in [0.2, 0.25) is 0 Å². The molecular weight excluding hydrogens is 262 g/mol. The van der Waals surface area contributed by atoms with Gasteiger partial charge in [0.2, 0.25) is 0 Å². The summed E-state index contributed by atoms with van der Waals surface area (Å²) in [4.78, 5) is 17.0. The van der Waals surface area contributed by atoms with Crippen LogP contribution in [0.3, 0.4) is 0 Å². The van der Waals surface area contributed by atoms with Gasteiger partial charge in [-0.3, -0.25) is 9.69 Å². The predicted octanol–water partition coefficient (Wildman–Crippen LogP) is 1.80. The molecule has 2 rings (SSSR count). The van der Waals surface area contributed by atoms with Gasteiger partial charge in [0.1, 0.15) is 0 Å². The highest BCUT2D eigenvalue weighted by Gasteiger charge is 2.25. The lowest BCUT2D eigenvalue weighted by Crippen LogP contribution is -2.53. The Bertz CT molecular complexity index is 489. The monoisotopic (exact) mass is 289 g/mol. The van der Waals surface area contributed by atoms with E-state index < -0.39 is 0 Å². The smallest absolute Gasteiger partial charge is 0.254 e. The normalized spacial score (nSPS) is 17.8. The predicted molar refractivity (Wildman–Crippen MR) is 86.5 cm³/mol. The summed E-state index contributed by atoms with van der Waals surface area (Å²) >= 11 is 0. The number of piperazine rings is 1. The van der Waals surface area contributed by atoms with Gasteiger partial charge in [-0.1, -0.05) is 24.6 Å². The first kappa shape index (κ1) is 16.0. The molecule has 1 aromatic carbocycles. The van der Waals surface area contributed by atoms with Crippen molar-refractivity contribution in [1.29, 1.82) is 0 Å². The molecule has 1 aromatic rings. The van der Waals surface area contributed by atoms with Crippen LogP contribution < -0.4 is 5.73 Å². The summed E-state index contributed by atoms with van der Waals surface area (Å²) in [5, 5.41) is 0. The average Bonchev–Trinajstić information content (AvgIpc) is 2.48. The van der Waals surface area contributed by atoms with E-state index in [4.69, 9.17) is 5.73 Å². The van der Waals surface area contributed by atoms with Crippen molar-refractivity contribution in [3.05, 3.63) is 34.9 Å². The Morgan fingerprint density at radius 1 is 1.24 bits per heavy atom. The van der Waals surface area contributed by atoms with E-state index in [0.29, 0.717) is 12.6 Å². The van der Waals surface area contributed by atoms with Gasteiger partial charge >= 0.3 is 0 Å². The summed E-state index contributed by atoms with van der Waals surface area (Å²) in [6.07, 6.45) is 1.07. The molecule has 116 valence electrons. The maximum atomic E-state index is 12.6. The number of nitrogens with two attached hydrogens (primary N) is 1. The molecule has 0 radical (unpaired) electrons. The van der Waals surface area contributed by atoms with Crippen LogP contribution in [0.1, 0.15) is 34.8 Å². The zero-order chi connectivity index (χ0) is 15.4. The topological polar surface area (TPSA) is 49.6 Å². The van der Waals surface area contributed by atoms with Crippen LogP contribution >= 0.6 is 0 Å². The van der Waals surface area contributed by atoms with Crippen LogP contribution in [0.25, 0.3) is 0 Å².